The van der Waals surface area contributed by atoms with Crippen molar-refractivity contribution in [3.63, 3.8) is 0 Å². The van der Waals surface area contributed by atoms with E-state index < -0.39 is 6.04 Å². The van der Waals surface area contributed by atoms with Gasteiger partial charge >= 0.3 is 0 Å². The molecule has 2 amide bonds. The highest BCUT2D eigenvalue weighted by Gasteiger charge is 2.30. The molecule has 0 unspecified atom stereocenters. The number of methoxy groups -OCH3 is 1. The van der Waals surface area contributed by atoms with E-state index in [1.54, 1.807) is 23.8 Å². The molecule has 5 nitrogen and oxygen atoms in total. The second-order valence-corrected chi connectivity index (χ2v) is 10.7. The second kappa shape index (κ2) is 14.5. The van der Waals surface area contributed by atoms with Crippen LogP contribution in [0.25, 0.3) is 0 Å². The summed E-state index contributed by atoms with van der Waals surface area (Å²) in [4.78, 5) is 29.0. The summed E-state index contributed by atoms with van der Waals surface area (Å²) in [6.45, 7) is 7.08. The van der Waals surface area contributed by atoms with Crippen LogP contribution in [0.4, 0.5) is 0 Å². The lowest BCUT2D eigenvalue weighted by atomic mass is 10.0. The molecule has 0 fully saturated rings. The highest BCUT2D eigenvalue weighted by atomic mass is 32.2. The van der Waals surface area contributed by atoms with Crippen LogP contribution < -0.4 is 10.1 Å². The van der Waals surface area contributed by atoms with Gasteiger partial charge in [-0.15, -0.1) is 11.8 Å². The Balaban J connectivity index is 1.86. The Kier molecular flexibility index (Phi) is 11.1. The van der Waals surface area contributed by atoms with Gasteiger partial charge in [-0.2, -0.15) is 0 Å². The van der Waals surface area contributed by atoms with Crippen LogP contribution in [0, 0.1) is 12.8 Å². The molecule has 0 saturated carbocycles. The molecule has 0 aromatic heterocycles. The van der Waals surface area contributed by atoms with E-state index in [1.807, 2.05) is 60.7 Å². The van der Waals surface area contributed by atoms with Gasteiger partial charge in [0.25, 0.3) is 0 Å². The fraction of sp³-hybridized carbons (Fsp3) is 0.355. The molecule has 0 spiro atoms. The molecule has 0 aliphatic rings. The predicted molar refractivity (Wildman–Crippen MR) is 153 cm³/mol. The minimum Gasteiger partial charge on any atom is -0.497 e. The maximum absolute atomic E-state index is 13.7. The smallest absolute Gasteiger partial charge is 0.243 e. The number of ether oxygens (including phenoxy) is 1. The Bertz CT molecular complexity index is 1150. The first kappa shape index (κ1) is 28.3. The van der Waals surface area contributed by atoms with Crippen LogP contribution in [0.5, 0.6) is 5.75 Å². The van der Waals surface area contributed by atoms with Crippen molar-refractivity contribution in [3.8, 4) is 5.75 Å². The normalized spacial score (nSPS) is 11.7. The van der Waals surface area contributed by atoms with Crippen molar-refractivity contribution in [1.82, 2.24) is 10.2 Å². The van der Waals surface area contributed by atoms with Crippen molar-refractivity contribution in [1.29, 1.82) is 0 Å². The zero-order valence-corrected chi connectivity index (χ0v) is 23.1. The molecule has 6 heteroatoms. The Morgan fingerprint density at radius 2 is 1.62 bits per heavy atom. The van der Waals surface area contributed by atoms with Crippen molar-refractivity contribution in [3.05, 3.63) is 101 Å². The number of thioether (sulfide) groups is 1. The third-order valence-corrected chi connectivity index (χ3v) is 7.01. The zero-order valence-electron chi connectivity index (χ0n) is 22.3. The van der Waals surface area contributed by atoms with Crippen LogP contribution in [-0.4, -0.2) is 42.2 Å². The summed E-state index contributed by atoms with van der Waals surface area (Å²) in [5.41, 5.74) is 4.33. The monoisotopic (exact) mass is 518 g/mol. The number of carbonyl (C=O) groups is 2. The molecule has 0 saturated heterocycles. The number of rotatable bonds is 13. The van der Waals surface area contributed by atoms with E-state index in [4.69, 9.17) is 4.74 Å². The number of benzene rings is 3. The number of hydrogen-bond donors (Lipinski definition) is 1. The molecule has 0 bridgehead atoms. The number of aryl methyl sites for hydroxylation is 1. The van der Waals surface area contributed by atoms with Crippen LogP contribution in [-0.2, 0) is 28.3 Å². The van der Waals surface area contributed by atoms with Crippen molar-refractivity contribution in [2.45, 2.75) is 45.5 Å². The standard InChI is InChI=1S/C31H38N2O3S/c1-23(2)19-32-31(35)29(18-25-11-6-5-7-12-25)33(20-26-13-9-15-28(17-26)36-4)30(34)22-37-21-27-14-8-10-24(3)16-27/h5-17,23,29H,18-22H2,1-4H3,(H,32,35)/t29-/m0/s1. The van der Waals surface area contributed by atoms with Gasteiger partial charge in [0.15, 0.2) is 0 Å². The van der Waals surface area contributed by atoms with E-state index >= 15 is 0 Å². The minimum atomic E-state index is -0.626. The Morgan fingerprint density at radius 1 is 0.919 bits per heavy atom. The number of nitrogens with zero attached hydrogens (tertiary/aromatic N) is 1. The lowest BCUT2D eigenvalue weighted by molar-refractivity contribution is -0.139. The van der Waals surface area contributed by atoms with Gasteiger partial charge in [0.1, 0.15) is 11.8 Å². The van der Waals surface area contributed by atoms with Crippen LogP contribution in [0.2, 0.25) is 0 Å². The van der Waals surface area contributed by atoms with Gasteiger partial charge in [0, 0.05) is 25.3 Å². The van der Waals surface area contributed by atoms with E-state index in [1.165, 1.54) is 11.1 Å². The largest absolute Gasteiger partial charge is 0.497 e. The number of nitrogens with one attached hydrogen (secondary N) is 1. The molecule has 1 N–H and O–H groups in total. The lowest BCUT2D eigenvalue weighted by Crippen LogP contribution is -2.51. The molecule has 37 heavy (non-hydrogen) atoms. The Hall–Kier alpha value is -3.25. The molecular weight excluding hydrogens is 480 g/mol. The van der Waals surface area contributed by atoms with Gasteiger partial charge in [-0.3, -0.25) is 9.59 Å². The van der Waals surface area contributed by atoms with Gasteiger partial charge < -0.3 is 15.0 Å². The van der Waals surface area contributed by atoms with Gasteiger partial charge in [-0.25, -0.2) is 0 Å². The Morgan fingerprint density at radius 3 is 2.32 bits per heavy atom. The van der Waals surface area contributed by atoms with Crippen molar-refractivity contribution < 1.29 is 14.3 Å². The molecule has 3 aromatic rings. The number of hydrogen-bond acceptors (Lipinski definition) is 4. The molecule has 0 radical (unpaired) electrons. The Labute approximate surface area is 225 Å². The number of amides is 2. The first-order valence-corrected chi connectivity index (χ1v) is 13.9. The van der Waals surface area contributed by atoms with Gasteiger partial charge in [-0.1, -0.05) is 86.1 Å². The molecule has 3 aromatic carbocycles. The van der Waals surface area contributed by atoms with E-state index in [0.717, 1.165) is 22.6 Å². The van der Waals surface area contributed by atoms with Crippen LogP contribution in [0.1, 0.15) is 36.1 Å². The molecule has 0 heterocycles. The molecule has 196 valence electrons. The summed E-state index contributed by atoms with van der Waals surface area (Å²) in [6.07, 6.45) is 0.447. The maximum atomic E-state index is 13.7. The predicted octanol–water partition coefficient (Wildman–Crippen LogP) is 5.65. The fourth-order valence-corrected chi connectivity index (χ4v) is 4.94. The average Bonchev–Trinajstić information content (AvgIpc) is 2.90. The van der Waals surface area contributed by atoms with Gasteiger partial charge in [0.2, 0.25) is 11.8 Å². The fourth-order valence-electron chi connectivity index (χ4n) is 4.09. The summed E-state index contributed by atoms with van der Waals surface area (Å²) in [5, 5.41) is 3.07. The molecular formula is C31H38N2O3S. The first-order valence-electron chi connectivity index (χ1n) is 12.7. The third kappa shape index (κ3) is 9.29. The summed E-state index contributed by atoms with van der Waals surface area (Å²) in [5.74, 6) is 1.89. The van der Waals surface area contributed by atoms with Crippen molar-refractivity contribution in [2.24, 2.45) is 5.92 Å². The quantitative estimate of drug-likeness (QED) is 0.318. The topological polar surface area (TPSA) is 58.6 Å². The zero-order chi connectivity index (χ0) is 26.6. The SMILES string of the molecule is COc1cccc(CN(C(=O)CSCc2cccc(C)c2)[C@@H](Cc2ccccc2)C(=O)NCC(C)C)c1. The first-order chi connectivity index (χ1) is 17.9. The molecule has 0 aliphatic carbocycles. The van der Waals surface area contributed by atoms with E-state index in [-0.39, 0.29) is 11.8 Å². The highest BCUT2D eigenvalue weighted by Crippen LogP contribution is 2.21. The van der Waals surface area contributed by atoms with Gasteiger partial charge in [-0.05, 0) is 41.7 Å². The van der Waals surface area contributed by atoms with Crippen LogP contribution in [0.3, 0.4) is 0 Å². The maximum Gasteiger partial charge on any atom is 0.243 e. The van der Waals surface area contributed by atoms with Crippen LogP contribution >= 0.6 is 11.8 Å². The van der Waals surface area contributed by atoms with Crippen molar-refractivity contribution >= 4 is 23.6 Å². The summed E-state index contributed by atoms with van der Waals surface area (Å²) >= 11 is 1.58. The third-order valence-electron chi connectivity index (χ3n) is 6.02. The van der Waals surface area contributed by atoms with Crippen LogP contribution in [0.15, 0.2) is 78.9 Å². The average molecular weight is 519 g/mol. The summed E-state index contributed by atoms with van der Waals surface area (Å²) in [6, 6.07) is 25.3. The lowest BCUT2D eigenvalue weighted by Gasteiger charge is -2.32. The molecule has 3 rings (SSSR count). The van der Waals surface area contributed by atoms with E-state index in [2.05, 4.69) is 44.3 Å². The van der Waals surface area contributed by atoms with E-state index in [0.29, 0.717) is 31.2 Å². The summed E-state index contributed by atoms with van der Waals surface area (Å²) in [7, 11) is 1.63. The van der Waals surface area contributed by atoms with Gasteiger partial charge in [0.05, 0.1) is 12.9 Å². The summed E-state index contributed by atoms with van der Waals surface area (Å²) < 4.78 is 5.40. The second-order valence-electron chi connectivity index (χ2n) is 9.70. The highest BCUT2D eigenvalue weighted by molar-refractivity contribution is 7.99. The van der Waals surface area contributed by atoms with E-state index in [9.17, 15) is 9.59 Å². The van der Waals surface area contributed by atoms with Crippen molar-refractivity contribution in [2.75, 3.05) is 19.4 Å². The molecule has 1 atom stereocenters. The number of carbonyl (C=O) groups excluding carboxylic acids is 2. The molecule has 0 aliphatic heterocycles. The minimum absolute atomic E-state index is 0.0545.